The van der Waals surface area contributed by atoms with Crippen molar-refractivity contribution in [3.63, 3.8) is 0 Å². The van der Waals surface area contributed by atoms with Crippen molar-refractivity contribution in [2.75, 3.05) is 39.9 Å². The van der Waals surface area contributed by atoms with Gasteiger partial charge in [0.1, 0.15) is 5.84 Å². The van der Waals surface area contributed by atoms with Crippen molar-refractivity contribution in [2.45, 2.75) is 57.9 Å². The molecule has 36 heavy (non-hydrogen) atoms. The van der Waals surface area contributed by atoms with Gasteiger partial charge in [-0.25, -0.2) is 8.78 Å². The van der Waals surface area contributed by atoms with Gasteiger partial charge in [-0.15, -0.1) is 11.3 Å². The molecule has 0 aliphatic carbocycles. The van der Waals surface area contributed by atoms with Gasteiger partial charge in [-0.1, -0.05) is 30.7 Å². The quantitative estimate of drug-likeness (QED) is 0.326. The molecule has 5 nitrogen and oxygen atoms in total. The molecular weight excluding hydrogens is 502 g/mol. The van der Waals surface area contributed by atoms with Gasteiger partial charge in [-0.3, -0.25) is 5.41 Å². The summed E-state index contributed by atoms with van der Waals surface area (Å²) in [6.45, 7) is 5.32. The van der Waals surface area contributed by atoms with Crippen molar-refractivity contribution >= 4 is 28.8 Å². The molecule has 198 valence electrons. The summed E-state index contributed by atoms with van der Waals surface area (Å²) in [5.41, 5.74) is 3.88. The molecule has 4 rings (SSSR count). The van der Waals surface area contributed by atoms with Crippen LogP contribution < -0.4 is 5.32 Å². The summed E-state index contributed by atoms with van der Waals surface area (Å²) in [5.74, 6) is -0.468. The Hall–Kier alpha value is -1.74. The number of likely N-dealkylation sites (N-methyl/N-ethyl adjacent to an activating group) is 1. The van der Waals surface area contributed by atoms with Crippen LogP contribution in [0.4, 0.5) is 8.78 Å². The SMILES string of the molecule is CC(/C=C1\C(=C/Cc2ccc(Cl)s2)CCCN1C(=N)C1=C(NC2CCOCC2)CCN(C)C1)C(F)F. The predicted octanol–water partition coefficient (Wildman–Crippen LogP) is 6.09. The van der Waals surface area contributed by atoms with Crippen LogP contribution in [0.2, 0.25) is 4.34 Å². The average Bonchev–Trinajstić information content (AvgIpc) is 3.29. The lowest BCUT2D eigenvalue weighted by molar-refractivity contribution is 0.0798. The molecule has 1 atom stereocenters. The van der Waals surface area contributed by atoms with Gasteiger partial charge in [0.25, 0.3) is 0 Å². The van der Waals surface area contributed by atoms with E-state index in [1.54, 1.807) is 13.0 Å². The van der Waals surface area contributed by atoms with Crippen LogP contribution in [0.25, 0.3) is 0 Å². The highest BCUT2D eigenvalue weighted by molar-refractivity contribution is 7.16. The maximum atomic E-state index is 13.6. The van der Waals surface area contributed by atoms with Crippen LogP contribution in [0.3, 0.4) is 0 Å². The van der Waals surface area contributed by atoms with Crippen molar-refractivity contribution in [3.05, 3.63) is 56.0 Å². The molecule has 3 aliphatic rings. The zero-order valence-corrected chi connectivity index (χ0v) is 22.7. The minimum atomic E-state index is -2.45. The van der Waals surface area contributed by atoms with Gasteiger partial charge in [0.05, 0.1) is 4.34 Å². The highest BCUT2D eigenvalue weighted by atomic mass is 35.5. The second-order valence-corrected chi connectivity index (χ2v) is 11.8. The number of thiophene rings is 1. The van der Waals surface area contributed by atoms with E-state index in [0.717, 1.165) is 83.6 Å². The summed E-state index contributed by atoms with van der Waals surface area (Å²) in [6.07, 6.45) is 6.53. The second kappa shape index (κ2) is 12.7. The number of likely N-dealkylation sites (tertiary alicyclic amines) is 1. The van der Waals surface area contributed by atoms with Crippen LogP contribution >= 0.6 is 22.9 Å². The molecule has 0 aromatic carbocycles. The molecule has 2 N–H and O–H groups in total. The Morgan fingerprint density at radius 1 is 1.28 bits per heavy atom. The first-order chi connectivity index (χ1) is 17.3. The van der Waals surface area contributed by atoms with Gasteiger partial charge < -0.3 is 19.9 Å². The van der Waals surface area contributed by atoms with E-state index in [4.69, 9.17) is 16.3 Å². The fraction of sp³-hybridized carbons (Fsp3) is 0.593. The number of piperidine rings is 1. The van der Waals surface area contributed by atoms with Crippen molar-refractivity contribution < 1.29 is 13.5 Å². The fourth-order valence-corrected chi connectivity index (χ4v) is 6.07. The lowest BCUT2D eigenvalue weighted by Gasteiger charge is -2.39. The van der Waals surface area contributed by atoms with Crippen molar-refractivity contribution in [1.29, 1.82) is 5.41 Å². The lowest BCUT2D eigenvalue weighted by atomic mass is 9.94. The van der Waals surface area contributed by atoms with Crippen molar-refractivity contribution in [3.8, 4) is 0 Å². The molecule has 0 saturated carbocycles. The third-order valence-electron chi connectivity index (χ3n) is 7.14. The van der Waals surface area contributed by atoms with Gasteiger partial charge in [-0.05, 0) is 50.4 Å². The van der Waals surface area contributed by atoms with Crippen LogP contribution in [-0.4, -0.2) is 68.0 Å². The van der Waals surface area contributed by atoms with Crippen LogP contribution in [-0.2, 0) is 11.2 Å². The van der Waals surface area contributed by atoms with Gasteiger partial charge in [0.2, 0.25) is 6.43 Å². The van der Waals surface area contributed by atoms with E-state index in [1.165, 1.54) is 11.3 Å². The van der Waals surface area contributed by atoms with Gasteiger partial charge >= 0.3 is 0 Å². The fourth-order valence-electron chi connectivity index (χ4n) is 5.02. The molecule has 2 fully saturated rings. The van der Waals surface area contributed by atoms with Crippen LogP contribution in [0.15, 0.2) is 46.8 Å². The summed E-state index contributed by atoms with van der Waals surface area (Å²) in [4.78, 5) is 5.34. The van der Waals surface area contributed by atoms with E-state index in [9.17, 15) is 14.2 Å². The topological polar surface area (TPSA) is 51.6 Å². The third kappa shape index (κ3) is 6.97. The summed E-state index contributed by atoms with van der Waals surface area (Å²) in [7, 11) is 2.07. The van der Waals surface area contributed by atoms with Gasteiger partial charge in [-0.2, -0.15) is 0 Å². The number of hydrogen-bond acceptors (Lipinski definition) is 5. The first-order valence-corrected chi connectivity index (χ1v) is 14.1. The summed E-state index contributed by atoms with van der Waals surface area (Å²) in [6, 6.07) is 4.25. The Kier molecular flexibility index (Phi) is 9.61. The number of nitrogens with one attached hydrogen (secondary N) is 2. The first kappa shape index (κ1) is 27.3. The lowest BCUT2D eigenvalue weighted by Crippen LogP contribution is -2.44. The third-order valence-corrected chi connectivity index (χ3v) is 8.39. The van der Waals surface area contributed by atoms with Crippen LogP contribution in [0.1, 0.15) is 43.9 Å². The standard InChI is InChI=1S/C27H37ClF2N4OS/c1-18(26(29)30)16-24-19(5-6-21-7-8-25(28)36-21)4-3-12-34(24)27(31)22-17-33(2)13-9-23(22)32-20-10-14-35-15-11-20/h5,7-8,16,18,20,26,31-32H,3-4,6,9-15,17H2,1-2H3/b19-5-,24-16+,31-27?. The van der Waals surface area contributed by atoms with E-state index in [1.807, 2.05) is 17.0 Å². The summed E-state index contributed by atoms with van der Waals surface area (Å²) in [5, 5.41) is 13.0. The number of halogens is 3. The molecule has 0 bridgehead atoms. The molecule has 0 radical (unpaired) electrons. The molecule has 2 saturated heterocycles. The molecule has 1 aromatic heterocycles. The van der Waals surface area contributed by atoms with Crippen molar-refractivity contribution in [1.82, 2.24) is 15.1 Å². The Morgan fingerprint density at radius 3 is 2.75 bits per heavy atom. The monoisotopic (exact) mass is 538 g/mol. The van der Waals surface area contributed by atoms with E-state index in [2.05, 4.69) is 23.3 Å². The maximum Gasteiger partial charge on any atom is 0.244 e. The minimum absolute atomic E-state index is 0.350. The summed E-state index contributed by atoms with van der Waals surface area (Å²) >= 11 is 7.64. The van der Waals surface area contributed by atoms with E-state index >= 15 is 0 Å². The Balaban J connectivity index is 1.64. The molecule has 1 unspecified atom stereocenters. The number of alkyl halides is 2. The zero-order chi connectivity index (χ0) is 25.7. The number of amidine groups is 1. The first-order valence-electron chi connectivity index (χ1n) is 12.9. The van der Waals surface area contributed by atoms with Crippen LogP contribution in [0, 0.1) is 11.3 Å². The van der Waals surface area contributed by atoms with E-state index in [-0.39, 0.29) is 0 Å². The molecule has 0 amide bonds. The van der Waals surface area contributed by atoms with Gasteiger partial charge in [0.15, 0.2) is 0 Å². The Morgan fingerprint density at radius 2 is 2.06 bits per heavy atom. The number of allylic oxidation sites excluding steroid dienone is 3. The highest BCUT2D eigenvalue weighted by Gasteiger charge is 2.30. The van der Waals surface area contributed by atoms with Gasteiger partial charge in [0, 0.05) is 79.5 Å². The second-order valence-electron chi connectivity index (χ2n) is 9.96. The predicted molar refractivity (Wildman–Crippen MR) is 144 cm³/mol. The Labute approximate surface area is 222 Å². The van der Waals surface area contributed by atoms with E-state index in [0.29, 0.717) is 31.4 Å². The number of nitrogens with zero attached hydrogens (tertiary/aromatic N) is 2. The number of rotatable bonds is 7. The van der Waals surface area contributed by atoms with Crippen LogP contribution in [0.5, 0.6) is 0 Å². The smallest absolute Gasteiger partial charge is 0.244 e. The largest absolute Gasteiger partial charge is 0.385 e. The number of hydrogen-bond donors (Lipinski definition) is 2. The Bertz CT molecular complexity index is 1020. The molecular formula is C27H37ClF2N4OS. The molecule has 4 heterocycles. The minimum Gasteiger partial charge on any atom is -0.385 e. The summed E-state index contributed by atoms with van der Waals surface area (Å²) < 4.78 is 33.5. The number of ether oxygens (including phenoxy) is 1. The molecule has 3 aliphatic heterocycles. The molecule has 1 aromatic rings. The van der Waals surface area contributed by atoms with E-state index < -0.39 is 12.3 Å². The zero-order valence-electron chi connectivity index (χ0n) is 21.2. The highest BCUT2D eigenvalue weighted by Crippen LogP contribution is 2.33. The normalized spacial score (nSPS) is 23.7. The molecule has 9 heteroatoms. The molecule has 0 spiro atoms. The average molecular weight is 539 g/mol. The van der Waals surface area contributed by atoms with Crippen molar-refractivity contribution in [2.24, 2.45) is 5.92 Å². The maximum absolute atomic E-state index is 13.6.